The van der Waals surface area contributed by atoms with Crippen LogP contribution in [0.3, 0.4) is 0 Å². The minimum absolute atomic E-state index is 0.0951. The largest absolute Gasteiger partial charge is 0.490 e. The maximum Gasteiger partial charge on any atom is 0.410 e. The van der Waals surface area contributed by atoms with Gasteiger partial charge in [-0.15, -0.1) is 0 Å². The van der Waals surface area contributed by atoms with E-state index in [1.165, 1.54) is 37.3 Å². The van der Waals surface area contributed by atoms with Gasteiger partial charge in [-0.05, 0) is 49.6 Å². The lowest BCUT2D eigenvalue weighted by Gasteiger charge is -2.24. The molecule has 4 rings (SSSR count). The Morgan fingerprint density at radius 2 is 1.42 bits per heavy atom. The Balaban J connectivity index is 0.000000212. The van der Waals surface area contributed by atoms with Gasteiger partial charge in [0.15, 0.2) is 11.5 Å². The van der Waals surface area contributed by atoms with E-state index < -0.39 is 21.5 Å². The molecular formula is C23H26N4O9. The summed E-state index contributed by atoms with van der Waals surface area (Å²) in [4.78, 5) is 45.4. The van der Waals surface area contributed by atoms with E-state index >= 15 is 0 Å². The highest BCUT2D eigenvalue weighted by atomic mass is 16.6. The number of methoxy groups -OCH3 is 2. The number of benzene rings is 2. The van der Waals surface area contributed by atoms with Crippen molar-refractivity contribution < 1.29 is 33.6 Å². The van der Waals surface area contributed by atoms with Gasteiger partial charge in [0.05, 0.1) is 29.6 Å². The zero-order valence-corrected chi connectivity index (χ0v) is 20.4. The SMILES string of the molecule is COc1cc2c(cc1[N+](=O)[O-])C(=O)NC2.COc1cc2c(cc1[N+](=O)[O-])CN(C(=O)OC(C)(C)C)C2. The highest BCUT2D eigenvalue weighted by Crippen LogP contribution is 2.35. The maximum atomic E-state index is 12.0. The highest BCUT2D eigenvalue weighted by Gasteiger charge is 2.31. The van der Waals surface area contributed by atoms with Crippen molar-refractivity contribution in [3.8, 4) is 11.5 Å². The Morgan fingerprint density at radius 1 is 0.917 bits per heavy atom. The number of rotatable bonds is 4. The smallest absolute Gasteiger partial charge is 0.410 e. The van der Waals surface area contributed by atoms with Crippen LogP contribution >= 0.6 is 0 Å². The van der Waals surface area contributed by atoms with Crippen LogP contribution < -0.4 is 14.8 Å². The third-order valence-electron chi connectivity index (χ3n) is 5.36. The molecule has 13 heteroatoms. The van der Waals surface area contributed by atoms with Crippen LogP contribution in [0.4, 0.5) is 16.2 Å². The molecule has 0 bridgehead atoms. The molecule has 1 N–H and O–H groups in total. The van der Waals surface area contributed by atoms with Gasteiger partial charge < -0.3 is 19.5 Å². The Bertz CT molecular complexity index is 1240. The molecule has 2 aliphatic heterocycles. The topological polar surface area (TPSA) is 163 Å². The number of carbonyl (C=O) groups is 2. The second-order valence-corrected chi connectivity index (χ2v) is 9.01. The lowest BCUT2D eigenvalue weighted by molar-refractivity contribution is -0.385. The van der Waals surface area contributed by atoms with E-state index in [1.807, 2.05) is 0 Å². The molecule has 13 nitrogen and oxygen atoms in total. The van der Waals surface area contributed by atoms with Crippen molar-refractivity contribution in [1.82, 2.24) is 10.2 Å². The quantitative estimate of drug-likeness (QED) is 0.485. The van der Waals surface area contributed by atoms with Gasteiger partial charge in [0, 0.05) is 31.8 Å². The molecule has 0 saturated heterocycles. The molecule has 0 aromatic heterocycles. The first-order valence-electron chi connectivity index (χ1n) is 10.8. The van der Waals surface area contributed by atoms with Gasteiger partial charge in [0.1, 0.15) is 5.60 Å². The first-order chi connectivity index (χ1) is 16.8. The van der Waals surface area contributed by atoms with E-state index in [0.29, 0.717) is 25.2 Å². The van der Waals surface area contributed by atoms with Gasteiger partial charge >= 0.3 is 17.5 Å². The number of carbonyl (C=O) groups excluding carboxylic acids is 2. The number of nitrogens with one attached hydrogen (secondary N) is 1. The summed E-state index contributed by atoms with van der Waals surface area (Å²) in [5.41, 5.74) is 1.80. The molecule has 2 aliphatic rings. The van der Waals surface area contributed by atoms with Crippen LogP contribution in [-0.4, -0.2) is 46.6 Å². The number of ether oxygens (including phenoxy) is 3. The summed E-state index contributed by atoms with van der Waals surface area (Å²) in [6, 6.07) is 5.83. The van der Waals surface area contributed by atoms with E-state index in [1.54, 1.807) is 26.8 Å². The lowest BCUT2D eigenvalue weighted by Crippen LogP contribution is -2.33. The minimum atomic E-state index is -0.574. The predicted molar refractivity (Wildman–Crippen MR) is 126 cm³/mol. The van der Waals surface area contributed by atoms with E-state index in [0.717, 1.165) is 16.7 Å². The number of nitro benzene ring substituents is 2. The van der Waals surface area contributed by atoms with Gasteiger partial charge in [-0.2, -0.15) is 0 Å². The molecule has 0 unspecified atom stereocenters. The fourth-order valence-electron chi connectivity index (χ4n) is 3.72. The summed E-state index contributed by atoms with van der Waals surface area (Å²) in [6.07, 6.45) is -0.430. The summed E-state index contributed by atoms with van der Waals surface area (Å²) in [5.74, 6) is 0.0933. The molecular weight excluding hydrogens is 476 g/mol. The van der Waals surface area contributed by atoms with Gasteiger partial charge in [-0.25, -0.2) is 4.79 Å². The second kappa shape index (κ2) is 10.1. The molecule has 2 aromatic rings. The standard InChI is InChI=1S/C14H18N2O5.C9H8N2O4/c1-14(2,3)21-13(17)15-7-9-5-11(16(18)19)12(20-4)6-10(9)8-15;1-15-8-2-5-4-10-9(12)6(5)3-7(8)11(13)14/h5-6H,7-8H2,1-4H3;2-3H,4H2,1H3,(H,10,12). The van der Waals surface area contributed by atoms with Crippen molar-refractivity contribution >= 4 is 23.4 Å². The molecule has 2 heterocycles. The Hall–Kier alpha value is -4.42. The Morgan fingerprint density at radius 3 is 1.92 bits per heavy atom. The number of nitro groups is 2. The molecule has 36 heavy (non-hydrogen) atoms. The van der Waals surface area contributed by atoms with E-state index in [4.69, 9.17) is 14.2 Å². The molecule has 2 aromatic carbocycles. The fourth-order valence-corrected chi connectivity index (χ4v) is 3.72. The number of nitrogens with zero attached hydrogens (tertiary/aromatic N) is 3. The van der Waals surface area contributed by atoms with Crippen LogP contribution in [0, 0.1) is 20.2 Å². The normalized spacial score (nSPS) is 13.6. The zero-order valence-electron chi connectivity index (χ0n) is 20.4. The van der Waals surface area contributed by atoms with Crippen molar-refractivity contribution in [2.24, 2.45) is 0 Å². The first kappa shape index (κ1) is 26.2. The summed E-state index contributed by atoms with van der Waals surface area (Å²) in [7, 11) is 2.74. The monoisotopic (exact) mass is 502 g/mol. The van der Waals surface area contributed by atoms with Crippen molar-refractivity contribution in [3.05, 3.63) is 66.7 Å². The second-order valence-electron chi connectivity index (χ2n) is 9.01. The van der Waals surface area contributed by atoms with Crippen molar-refractivity contribution in [3.63, 3.8) is 0 Å². The fraction of sp³-hybridized carbons (Fsp3) is 0.391. The van der Waals surface area contributed by atoms with Gasteiger partial charge in [0.25, 0.3) is 5.91 Å². The van der Waals surface area contributed by atoms with Gasteiger partial charge in [-0.1, -0.05) is 0 Å². The van der Waals surface area contributed by atoms with E-state index in [9.17, 15) is 29.8 Å². The maximum absolute atomic E-state index is 12.0. The van der Waals surface area contributed by atoms with Gasteiger partial charge in [0.2, 0.25) is 0 Å². The van der Waals surface area contributed by atoms with Crippen LogP contribution in [0.5, 0.6) is 11.5 Å². The average molecular weight is 502 g/mol. The van der Waals surface area contributed by atoms with Gasteiger partial charge in [-0.3, -0.25) is 29.9 Å². The van der Waals surface area contributed by atoms with Crippen LogP contribution in [0.15, 0.2) is 24.3 Å². The summed E-state index contributed by atoms with van der Waals surface area (Å²) in [5, 5.41) is 24.3. The summed E-state index contributed by atoms with van der Waals surface area (Å²) >= 11 is 0. The molecule has 0 spiro atoms. The van der Waals surface area contributed by atoms with Crippen LogP contribution in [0.1, 0.15) is 47.8 Å². The first-order valence-corrected chi connectivity index (χ1v) is 10.8. The number of fused-ring (bicyclic) bond motifs is 2. The van der Waals surface area contributed by atoms with E-state index in [-0.39, 0.29) is 28.8 Å². The minimum Gasteiger partial charge on any atom is -0.490 e. The molecule has 2 amide bonds. The van der Waals surface area contributed by atoms with Crippen LogP contribution in [-0.2, 0) is 24.4 Å². The predicted octanol–water partition coefficient (Wildman–Crippen LogP) is 3.70. The third kappa shape index (κ3) is 5.62. The molecule has 0 aliphatic carbocycles. The number of hydrogen-bond acceptors (Lipinski definition) is 9. The molecule has 192 valence electrons. The summed E-state index contributed by atoms with van der Waals surface area (Å²) < 4.78 is 15.2. The van der Waals surface area contributed by atoms with Crippen LogP contribution in [0.2, 0.25) is 0 Å². The molecule has 0 atom stereocenters. The van der Waals surface area contributed by atoms with Crippen LogP contribution in [0.25, 0.3) is 0 Å². The van der Waals surface area contributed by atoms with Crippen molar-refractivity contribution in [1.29, 1.82) is 0 Å². The zero-order chi connectivity index (χ0) is 26.8. The number of amides is 2. The third-order valence-corrected chi connectivity index (χ3v) is 5.36. The number of hydrogen-bond donors (Lipinski definition) is 1. The molecule has 0 saturated carbocycles. The molecule has 0 fully saturated rings. The highest BCUT2D eigenvalue weighted by molar-refractivity contribution is 5.99. The molecule has 0 radical (unpaired) electrons. The summed E-state index contributed by atoms with van der Waals surface area (Å²) in [6.45, 7) is 6.43. The Kier molecular flexibility index (Phi) is 7.32. The lowest BCUT2D eigenvalue weighted by atomic mass is 10.1. The van der Waals surface area contributed by atoms with Crippen molar-refractivity contribution in [2.45, 2.75) is 46.0 Å². The average Bonchev–Trinajstić information content (AvgIpc) is 3.39. The van der Waals surface area contributed by atoms with Crippen molar-refractivity contribution in [2.75, 3.05) is 14.2 Å². The van der Waals surface area contributed by atoms with E-state index in [2.05, 4.69) is 5.32 Å². The Labute approximate surface area is 206 Å².